The summed E-state index contributed by atoms with van der Waals surface area (Å²) in [5, 5.41) is 0. The van der Waals surface area contributed by atoms with Crippen molar-refractivity contribution in [3.63, 3.8) is 0 Å². The number of hydrogen-bond donors (Lipinski definition) is 0. The first-order valence-corrected chi connectivity index (χ1v) is 24.8. The molecule has 0 aromatic heterocycles. The minimum atomic E-state index is -0.773. The van der Waals surface area contributed by atoms with E-state index in [2.05, 4.69) is 45.1 Å². The lowest BCUT2D eigenvalue weighted by molar-refractivity contribution is -0.167. The van der Waals surface area contributed by atoms with Gasteiger partial charge in [-0.1, -0.05) is 206 Å². The van der Waals surface area contributed by atoms with Crippen LogP contribution in [0.3, 0.4) is 0 Å². The van der Waals surface area contributed by atoms with Crippen LogP contribution in [0.1, 0.15) is 265 Å². The van der Waals surface area contributed by atoms with Crippen LogP contribution in [-0.2, 0) is 28.6 Å². The molecule has 0 amide bonds. The van der Waals surface area contributed by atoms with E-state index in [4.69, 9.17) is 14.2 Å². The van der Waals surface area contributed by atoms with E-state index in [1.54, 1.807) is 0 Å². The Bertz CT molecular complexity index is 927. The number of hydrogen-bond acceptors (Lipinski definition) is 6. The summed E-state index contributed by atoms with van der Waals surface area (Å²) in [7, 11) is 0. The molecule has 0 aromatic carbocycles. The van der Waals surface area contributed by atoms with Gasteiger partial charge in [-0.3, -0.25) is 14.4 Å². The molecule has 0 bridgehead atoms. The molecule has 6 nitrogen and oxygen atoms in total. The summed E-state index contributed by atoms with van der Waals surface area (Å²) in [6.07, 6.45) is 51.6. The lowest BCUT2D eigenvalue weighted by atomic mass is 10.0. The smallest absolute Gasteiger partial charge is 0.306 e. The molecule has 0 heterocycles. The van der Waals surface area contributed by atoms with E-state index in [-0.39, 0.29) is 31.1 Å². The second-order valence-electron chi connectivity index (χ2n) is 16.7. The molecule has 0 N–H and O–H groups in total. The third kappa shape index (κ3) is 44.8. The normalized spacial score (nSPS) is 12.1. The summed E-state index contributed by atoms with van der Waals surface area (Å²) in [5.41, 5.74) is 0. The molecule has 0 aliphatic carbocycles. The first-order chi connectivity index (χ1) is 28.0. The number of carbonyl (C=O) groups excluding carboxylic acids is 3. The van der Waals surface area contributed by atoms with Crippen molar-refractivity contribution >= 4 is 17.9 Å². The Labute approximate surface area is 353 Å². The SMILES string of the molecule is CCCC/C=C\CCCCCCCC(=O)OC[C@H](COC(=O)CCCCCCCCCCCCCCCCC)OC(=O)CCCCCCC/C=C\CCCCCC. The molecule has 0 aliphatic heterocycles. The van der Waals surface area contributed by atoms with E-state index >= 15 is 0 Å². The van der Waals surface area contributed by atoms with E-state index in [1.165, 1.54) is 154 Å². The van der Waals surface area contributed by atoms with E-state index in [1.807, 2.05) is 0 Å². The van der Waals surface area contributed by atoms with Crippen molar-refractivity contribution in [2.24, 2.45) is 0 Å². The molecule has 1 atom stereocenters. The van der Waals surface area contributed by atoms with Crippen LogP contribution < -0.4 is 0 Å². The highest BCUT2D eigenvalue weighted by molar-refractivity contribution is 5.71. The van der Waals surface area contributed by atoms with E-state index in [0.717, 1.165) is 70.6 Å². The second kappa shape index (κ2) is 46.6. The molecular weight excluding hydrogens is 709 g/mol. The first-order valence-electron chi connectivity index (χ1n) is 24.8. The molecule has 0 saturated carbocycles. The molecule has 0 aliphatic rings. The van der Waals surface area contributed by atoms with Gasteiger partial charge in [0.25, 0.3) is 0 Å². The lowest BCUT2D eigenvalue weighted by Gasteiger charge is -2.18. The fraction of sp³-hybridized carbons (Fsp3) is 0.863. The third-order valence-electron chi connectivity index (χ3n) is 10.9. The molecule has 334 valence electrons. The van der Waals surface area contributed by atoms with Crippen LogP contribution in [0.2, 0.25) is 0 Å². The standard InChI is InChI=1S/C51H94O6/c1-4-7-10-13-16-19-22-24-25-27-29-32-35-38-41-44-50(53)56-47-48(46-55-49(52)43-40-37-34-31-28-21-18-15-12-9-6-3)57-51(54)45-42-39-36-33-30-26-23-20-17-14-11-8-5-2/h15,18,20,23,48H,4-14,16-17,19,21-22,24-47H2,1-3H3/b18-15-,23-20-/t48-/m1/s1. The number of unbranched alkanes of at least 4 members (excludes halogenated alkanes) is 30. The monoisotopic (exact) mass is 803 g/mol. The summed E-state index contributed by atoms with van der Waals surface area (Å²) >= 11 is 0. The minimum absolute atomic E-state index is 0.0738. The van der Waals surface area contributed by atoms with Crippen LogP contribution in [0.15, 0.2) is 24.3 Å². The zero-order chi connectivity index (χ0) is 41.5. The van der Waals surface area contributed by atoms with Gasteiger partial charge in [-0.15, -0.1) is 0 Å². The maximum absolute atomic E-state index is 12.7. The summed E-state index contributed by atoms with van der Waals surface area (Å²) < 4.78 is 16.7. The first kappa shape index (κ1) is 54.9. The summed E-state index contributed by atoms with van der Waals surface area (Å²) in [6.45, 7) is 6.59. The molecule has 57 heavy (non-hydrogen) atoms. The van der Waals surface area contributed by atoms with Crippen LogP contribution >= 0.6 is 0 Å². The molecule has 6 heteroatoms. The molecular formula is C51H94O6. The number of ether oxygens (including phenoxy) is 3. The summed E-state index contributed by atoms with van der Waals surface area (Å²) in [5.74, 6) is -0.883. The predicted octanol–water partition coefficient (Wildman–Crippen LogP) is 16.0. The van der Waals surface area contributed by atoms with Gasteiger partial charge in [-0.25, -0.2) is 0 Å². The maximum atomic E-state index is 12.7. The number of carbonyl (C=O) groups is 3. The van der Waals surface area contributed by atoms with Crippen molar-refractivity contribution in [3.8, 4) is 0 Å². The fourth-order valence-corrected chi connectivity index (χ4v) is 7.12. The molecule has 0 spiro atoms. The lowest BCUT2D eigenvalue weighted by Crippen LogP contribution is -2.30. The Kier molecular flexibility index (Phi) is 44.9. The van der Waals surface area contributed by atoms with Gasteiger partial charge in [-0.05, 0) is 64.2 Å². The quantitative estimate of drug-likeness (QED) is 0.0264. The average molecular weight is 803 g/mol. The zero-order valence-electron chi connectivity index (χ0n) is 38.1. The number of esters is 3. The van der Waals surface area contributed by atoms with Gasteiger partial charge in [-0.2, -0.15) is 0 Å². The Morgan fingerprint density at radius 1 is 0.333 bits per heavy atom. The zero-order valence-corrected chi connectivity index (χ0v) is 38.1. The van der Waals surface area contributed by atoms with Crippen LogP contribution in [0.4, 0.5) is 0 Å². The highest BCUT2D eigenvalue weighted by Gasteiger charge is 2.19. The minimum Gasteiger partial charge on any atom is -0.462 e. The highest BCUT2D eigenvalue weighted by atomic mass is 16.6. The Morgan fingerprint density at radius 3 is 0.947 bits per heavy atom. The van der Waals surface area contributed by atoms with E-state index < -0.39 is 6.10 Å². The van der Waals surface area contributed by atoms with Gasteiger partial charge in [0.15, 0.2) is 6.10 Å². The molecule has 0 radical (unpaired) electrons. The molecule has 0 unspecified atom stereocenters. The summed E-state index contributed by atoms with van der Waals surface area (Å²) in [6, 6.07) is 0. The van der Waals surface area contributed by atoms with Gasteiger partial charge in [0.05, 0.1) is 0 Å². The fourth-order valence-electron chi connectivity index (χ4n) is 7.12. The van der Waals surface area contributed by atoms with Crippen molar-refractivity contribution < 1.29 is 28.6 Å². The van der Waals surface area contributed by atoms with Gasteiger partial charge in [0.1, 0.15) is 13.2 Å². The van der Waals surface area contributed by atoms with E-state index in [9.17, 15) is 14.4 Å². The maximum Gasteiger partial charge on any atom is 0.306 e. The van der Waals surface area contributed by atoms with Crippen molar-refractivity contribution in [1.82, 2.24) is 0 Å². The Hall–Kier alpha value is -2.11. The molecule has 0 saturated heterocycles. The van der Waals surface area contributed by atoms with Gasteiger partial charge < -0.3 is 14.2 Å². The van der Waals surface area contributed by atoms with Gasteiger partial charge >= 0.3 is 17.9 Å². The molecule has 0 rings (SSSR count). The van der Waals surface area contributed by atoms with Crippen LogP contribution in [-0.4, -0.2) is 37.2 Å². The van der Waals surface area contributed by atoms with Crippen LogP contribution in [0.5, 0.6) is 0 Å². The van der Waals surface area contributed by atoms with Crippen molar-refractivity contribution in [1.29, 1.82) is 0 Å². The summed E-state index contributed by atoms with van der Waals surface area (Å²) in [4.78, 5) is 37.8. The van der Waals surface area contributed by atoms with Crippen molar-refractivity contribution in [2.75, 3.05) is 13.2 Å². The molecule has 0 aromatic rings. The van der Waals surface area contributed by atoms with E-state index in [0.29, 0.717) is 19.3 Å². The number of allylic oxidation sites excluding steroid dienone is 4. The van der Waals surface area contributed by atoms with Crippen LogP contribution in [0.25, 0.3) is 0 Å². The Balaban J connectivity index is 4.34. The highest BCUT2D eigenvalue weighted by Crippen LogP contribution is 2.15. The average Bonchev–Trinajstić information content (AvgIpc) is 3.21. The van der Waals surface area contributed by atoms with Gasteiger partial charge in [0.2, 0.25) is 0 Å². The molecule has 0 fully saturated rings. The van der Waals surface area contributed by atoms with Crippen molar-refractivity contribution in [3.05, 3.63) is 24.3 Å². The van der Waals surface area contributed by atoms with Gasteiger partial charge in [0, 0.05) is 19.3 Å². The predicted molar refractivity (Wildman–Crippen MR) is 243 cm³/mol. The largest absolute Gasteiger partial charge is 0.462 e. The number of rotatable bonds is 45. The second-order valence-corrected chi connectivity index (χ2v) is 16.7. The van der Waals surface area contributed by atoms with Crippen LogP contribution in [0, 0.1) is 0 Å². The Morgan fingerprint density at radius 2 is 0.596 bits per heavy atom. The van der Waals surface area contributed by atoms with Crippen molar-refractivity contribution in [2.45, 2.75) is 271 Å². The topological polar surface area (TPSA) is 78.9 Å². The third-order valence-corrected chi connectivity index (χ3v) is 10.9.